The molecule has 1 aliphatic rings. The van der Waals surface area contributed by atoms with E-state index in [9.17, 15) is 8.42 Å². The third-order valence-corrected chi connectivity index (χ3v) is 5.33. The van der Waals surface area contributed by atoms with E-state index in [-0.39, 0.29) is 0 Å². The molecule has 1 aromatic rings. The summed E-state index contributed by atoms with van der Waals surface area (Å²) in [7, 11) is -1.61. The fourth-order valence-electron chi connectivity index (χ4n) is 2.70. The quantitative estimate of drug-likeness (QED) is 0.708. The molecule has 0 aromatic heterocycles. The lowest BCUT2D eigenvalue weighted by molar-refractivity contribution is 0.334. The Balaban J connectivity index is 1.88. The summed E-state index contributed by atoms with van der Waals surface area (Å²) in [5, 5.41) is 3.00. The predicted molar refractivity (Wildman–Crippen MR) is 84.7 cm³/mol. The normalized spacial score (nSPS) is 16.4. The highest BCUT2D eigenvalue weighted by atomic mass is 32.2. The number of hydrogen-bond donors (Lipinski definition) is 2. The molecular weight excluding hydrogens is 286 g/mol. The molecule has 0 saturated carbocycles. The maximum atomic E-state index is 12.4. The minimum absolute atomic E-state index is 0.375. The monoisotopic (exact) mass is 311 g/mol. The Hall–Kier alpha value is -0.950. The van der Waals surface area contributed by atoms with Crippen LogP contribution in [-0.2, 0) is 16.6 Å². The lowest BCUT2D eigenvalue weighted by Crippen LogP contribution is -2.29. The number of nitrogens with zero attached hydrogens (tertiary/aromatic N) is 1. The van der Waals surface area contributed by atoms with E-state index in [1.807, 2.05) is 19.2 Å². The Bertz CT molecular complexity index is 540. The third kappa shape index (κ3) is 4.78. The smallest absolute Gasteiger partial charge is 0.240 e. The summed E-state index contributed by atoms with van der Waals surface area (Å²) in [6.45, 7) is 4.31. The Morgan fingerprint density at radius 1 is 1.19 bits per heavy atom. The van der Waals surface area contributed by atoms with Gasteiger partial charge in [0.1, 0.15) is 0 Å². The molecule has 0 amide bonds. The van der Waals surface area contributed by atoms with Crippen molar-refractivity contribution < 1.29 is 8.42 Å². The van der Waals surface area contributed by atoms with E-state index >= 15 is 0 Å². The van der Waals surface area contributed by atoms with Crippen molar-refractivity contribution in [2.24, 2.45) is 0 Å². The SMILES string of the molecule is CNCc1ccccc1S(=O)(=O)NCCCN1CCCC1. The molecule has 1 saturated heterocycles. The number of benzene rings is 1. The predicted octanol–water partition coefficient (Wildman–Crippen LogP) is 1.17. The van der Waals surface area contributed by atoms with Crippen LogP contribution in [0.5, 0.6) is 0 Å². The number of nitrogens with one attached hydrogen (secondary N) is 2. The molecule has 21 heavy (non-hydrogen) atoms. The molecule has 1 aromatic carbocycles. The van der Waals surface area contributed by atoms with Gasteiger partial charge >= 0.3 is 0 Å². The summed E-state index contributed by atoms with van der Waals surface area (Å²) in [6.07, 6.45) is 3.39. The minimum atomic E-state index is -3.42. The van der Waals surface area contributed by atoms with Crippen LogP contribution in [0.3, 0.4) is 0 Å². The Kier molecular flexibility index (Phi) is 6.17. The highest BCUT2D eigenvalue weighted by molar-refractivity contribution is 7.89. The van der Waals surface area contributed by atoms with Crippen LogP contribution in [0.1, 0.15) is 24.8 Å². The first-order valence-corrected chi connectivity index (χ1v) is 9.06. The van der Waals surface area contributed by atoms with Crippen molar-refractivity contribution in [3.05, 3.63) is 29.8 Å². The molecule has 6 heteroatoms. The Labute approximate surface area is 127 Å². The molecular formula is C15H25N3O2S. The summed E-state index contributed by atoms with van der Waals surface area (Å²) in [4.78, 5) is 2.77. The standard InChI is InChI=1S/C15H25N3O2S/c1-16-13-14-7-2-3-8-15(14)21(19,20)17-9-6-12-18-10-4-5-11-18/h2-3,7-8,16-17H,4-6,9-13H2,1H3. The van der Waals surface area contributed by atoms with Crippen molar-refractivity contribution >= 4 is 10.0 Å². The number of likely N-dealkylation sites (tertiary alicyclic amines) is 1. The lowest BCUT2D eigenvalue weighted by atomic mass is 10.2. The zero-order chi connectivity index (χ0) is 15.1. The molecule has 5 nitrogen and oxygen atoms in total. The summed E-state index contributed by atoms with van der Waals surface area (Å²) in [5.41, 5.74) is 0.798. The van der Waals surface area contributed by atoms with Crippen LogP contribution in [0.4, 0.5) is 0 Å². The number of sulfonamides is 1. The van der Waals surface area contributed by atoms with Crippen molar-refractivity contribution in [3.8, 4) is 0 Å². The maximum Gasteiger partial charge on any atom is 0.240 e. The van der Waals surface area contributed by atoms with Crippen LogP contribution < -0.4 is 10.0 Å². The van der Waals surface area contributed by atoms with Gasteiger partial charge in [-0.1, -0.05) is 18.2 Å². The number of hydrogen-bond acceptors (Lipinski definition) is 4. The minimum Gasteiger partial charge on any atom is -0.316 e. The number of rotatable bonds is 8. The first kappa shape index (κ1) is 16.4. The molecule has 1 fully saturated rings. The van der Waals surface area contributed by atoms with Crippen molar-refractivity contribution in [3.63, 3.8) is 0 Å². The van der Waals surface area contributed by atoms with E-state index in [2.05, 4.69) is 14.9 Å². The van der Waals surface area contributed by atoms with E-state index in [4.69, 9.17) is 0 Å². The molecule has 2 N–H and O–H groups in total. The van der Waals surface area contributed by atoms with Crippen LogP contribution in [0.15, 0.2) is 29.2 Å². The zero-order valence-corrected chi connectivity index (χ0v) is 13.5. The van der Waals surface area contributed by atoms with Gasteiger partial charge in [0.25, 0.3) is 0 Å². The van der Waals surface area contributed by atoms with Gasteiger partial charge in [0.2, 0.25) is 10.0 Å². The Morgan fingerprint density at radius 2 is 1.90 bits per heavy atom. The zero-order valence-electron chi connectivity index (χ0n) is 12.6. The fourth-order valence-corrected chi connectivity index (χ4v) is 4.01. The van der Waals surface area contributed by atoms with Crippen molar-refractivity contribution in [1.82, 2.24) is 14.9 Å². The second-order valence-corrected chi connectivity index (χ2v) is 7.17. The molecule has 1 aliphatic heterocycles. The van der Waals surface area contributed by atoms with Gasteiger partial charge in [0.15, 0.2) is 0 Å². The molecule has 0 bridgehead atoms. The van der Waals surface area contributed by atoms with Gasteiger partial charge in [-0.2, -0.15) is 0 Å². The van der Waals surface area contributed by atoms with Gasteiger partial charge in [-0.3, -0.25) is 0 Å². The van der Waals surface area contributed by atoms with Crippen molar-refractivity contribution in [2.45, 2.75) is 30.7 Å². The van der Waals surface area contributed by atoms with E-state index in [0.717, 1.165) is 31.6 Å². The largest absolute Gasteiger partial charge is 0.316 e. The van der Waals surface area contributed by atoms with E-state index in [1.165, 1.54) is 12.8 Å². The molecule has 0 radical (unpaired) electrons. The molecule has 118 valence electrons. The van der Waals surface area contributed by atoms with Gasteiger partial charge in [-0.05, 0) is 57.6 Å². The second-order valence-electron chi connectivity index (χ2n) is 5.44. The molecule has 0 aliphatic carbocycles. The molecule has 0 spiro atoms. The van der Waals surface area contributed by atoms with Crippen molar-refractivity contribution in [1.29, 1.82) is 0 Å². The van der Waals surface area contributed by atoms with Crippen molar-refractivity contribution in [2.75, 3.05) is 33.2 Å². The summed E-state index contributed by atoms with van der Waals surface area (Å²) in [5.74, 6) is 0. The van der Waals surface area contributed by atoms with E-state index in [1.54, 1.807) is 12.1 Å². The molecule has 0 unspecified atom stereocenters. The van der Waals surface area contributed by atoms with Gasteiger partial charge in [-0.15, -0.1) is 0 Å². The average molecular weight is 311 g/mol. The second kappa shape index (κ2) is 7.89. The van der Waals surface area contributed by atoms with Crippen LogP contribution in [0.25, 0.3) is 0 Å². The molecule has 1 heterocycles. The fraction of sp³-hybridized carbons (Fsp3) is 0.600. The van der Waals surface area contributed by atoms with Gasteiger partial charge < -0.3 is 10.2 Å². The Morgan fingerprint density at radius 3 is 2.62 bits per heavy atom. The molecule has 2 rings (SSSR count). The lowest BCUT2D eigenvalue weighted by Gasteiger charge is -2.15. The van der Waals surface area contributed by atoms with Crippen LogP contribution in [-0.4, -0.2) is 46.5 Å². The third-order valence-electron chi connectivity index (χ3n) is 3.77. The molecule has 0 atom stereocenters. The van der Waals surface area contributed by atoms with Crippen LogP contribution in [0.2, 0.25) is 0 Å². The topological polar surface area (TPSA) is 61.4 Å². The van der Waals surface area contributed by atoms with Gasteiger partial charge in [0.05, 0.1) is 4.90 Å². The van der Waals surface area contributed by atoms with Crippen LogP contribution in [0, 0.1) is 0 Å². The summed E-state index contributed by atoms with van der Waals surface area (Å²) in [6, 6.07) is 7.13. The van der Waals surface area contributed by atoms with Crippen LogP contribution >= 0.6 is 0 Å². The van der Waals surface area contributed by atoms with E-state index < -0.39 is 10.0 Å². The van der Waals surface area contributed by atoms with E-state index in [0.29, 0.717) is 18.0 Å². The summed E-state index contributed by atoms with van der Waals surface area (Å²) < 4.78 is 27.5. The summed E-state index contributed by atoms with van der Waals surface area (Å²) >= 11 is 0. The maximum absolute atomic E-state index is 12.4. The highest BCUT2D eigenvalue weighted by Gasteiger charge is 2.17. The highest BCUT2D eigenvalue weighted by Crippen LogP contribution is 2.15. The van der Waals surface area contributed by atoms with Gasteiger partial charge in [-0.25, -0.2) is 13.1 Å². The average Bonchev–Trinajstić information content (AvgIpc) is 2.98. The first-order chi connectivity index (χ1) is 10.1. The van der Waals surface area contributed by atoms with Gasteiger partial charge in [0, 0.05) is 13.1 Å². The first-order valence-electron chi connectivity index (χ1n) is 7.58.